The fourth-order valence-electron chi connectivity index (χ4n) is 3.12. The fourth-order valence-corrected chi connectivity index (χ4v) is 4.61. The van der Waals surface area contributed by atoms with Crippen molar-refractivity contribution in [1.29, 1.82) is 0 Å². The minimum Gasteiger partial charge on any atom is -0.312 e. The third-order valence-corrected chi connectivity index (χ3v) is 6.07. The normalized spacial score (nSPS) is 29.6. The van der Waals surface area contributed by atoms with Crippen LogP contribution in [0.25, 0.3) is 0 Å². The summed E-state index contributed by atoms with van der Waals surface area (Å²) in [4.78, 5) is 2.43. The summed E-state index contributed by atoms with van der Waals surface area (Å²) in [6, 6.07) is 0.883. The quantitative estimate of drug-likeness (QED) is 0.832. The van der Waals surface area contributed by atoms with Gasteiger partial charge in [-0.3, -0.25) is 0 Å². The van der Waals surface area contributed by atoms with E-state index in [-0.39, 0.29) is 6.04 Å². The number of nitrogens with one attached hydrogen (secondary N) is 1. The molecule has 106 valence electrons. The Morgan fingerprint density at radius 1 is 1.22 bits per heavy atom. The average Bonchev–Trinajstić information content (AvgIpc) is 2.36. The maximum absolute atomic E-state index is 11.6. The predicted octanol–water partition coefficient (Wildman–Crippen LogP) is 1.03. The maximum Gasteiger partial charge on any atom is 0.153 e. The fraction of sp³-hybridized carbons (Fsp3) is 1.00. The molecule has 1 aliphatic carbocycles. The van der Waals surface area contributed by atoms with E-state index in [2.05, 4.69) is 17.3 Å². The summed E-state index contributed by atoms with van der Waals surface area (Å²) in [6.07, 6.45) is 7.66. The highest BCUT2D eigenvalue weighted by molar-refractivity contribution is 7.91. The standard InChI is InChI=1S/C13H26N2O2S/c1-15(13-5-3-2-4-6-13)9-7-12-11-18(16,17)10-8-14-12/h12-14H,2-11H2,1H3. The van der Waals surface area contributed by atoms with Crippen molar-refractivity contribution in [2.75, 3.05) is 31.6 Å². The molecule has 0 amide bonds. The van der Waals surface area contributed by atoms with Gasteiger partial charge in [-0.15, -0.1) is 0 Å². The summed E-state index contributed by atoms with van der Waals surface area (Å²) < 4.78 is 23.1. The van der Waals surface area contributed by atoms with Gasteiger partial charge >= 0.3 is 0 Å². The van der Waals surface area contributed by atoms with E-state index < -0.39 is 9.84 Å². The number of sulfone groups is 1. The monoisotopic (exact) mass is 274 g/mol. The molecule has 2 rings (SSSR count). The lowest BCUT2D eigenvalue weighted by molar-refractivity contribution is 0.184. The van der Waals surface area contributed by atoms with Gasteiger partial charge in [0.05, 0.1) is 11.5 Å². The molecule has 0 aromatic heterocycles. The molecule has 1 saturated heterocycles. The number of rotatable bonds is 4. The van der Waals surface area contributed by atoms with Gasteiger partial charge in [0.2, 0.25) is 0 Å². The van der Waals surface area contributed by atoms with E-state index in [1.807, 2.05) is 0 Å². The van der Waals surface area contributed by atoms with Crippen LogP contribution in [0.2, 0.25) is 0 Å². The van der Waals surface area contributed by atoms with E-state index in [0.29, 0.717) is 18.1 Å². The van der Waals surface area contributed by atoms with E-state index in [9.17, 15) is 8.42 Å². The summed E-state index contributed by atoms with van der Waals surface area (Å²) in [5.74, 6) is 0.632. The highest BCUT2D eigenvalue weighted by Gasteiger charge is 2.25. The molecule has 1 heterocycles. The van der Waals surface area contributed by atoms with Crippen molar-refractivity contribution in [1.82, 2.24) is 10.2 Å². The second-order valence-electron chi connectivity index (χ2n) is 5.83. The second kappa shape index (κ2) is 6.35. The maximum atomic E-state index is 11.6. The van der Waals surface area contributed by atoms with Crippen LogP contribution in [0.15, 0.2) is 0 Å². The summed E-state index contributed by atoms with van der Waals surface area (Å²) in [5, 5.41) is 3.33. The average molecular weight is 274 g/mol. The third kappa shape index (κ3) is 4.21. The molecule has 18 heavy (non-hydrogen) atoms. The lowest BCUT2D eigenvalue weighted by atomic mass is 9.94. The Hall–Kier alpha value is -0.130. The first-order valence-electron chi connectivity index (χ1n) is 7.21. The molecule has 0 aromatic rings. The predicted molar refractivity (Wildman–Crippen MR) is 74.6 cm³/mol. The Bertz CT molecular complexity index is 350. The van der Waals surface area contributed by atoms with Crippen molar-refractivity contribution in [3.8, 4) is 0 Å². The van der Waals surface area contributed by atoms with Crippen LogP contribution in [0.3, 0.4) is 0 Å². The van der Waals surface area contributed by atoms with Gasteiger partial charge in [-0.05, 0) is 32.9 Å². The second-order valence-corrected chi connectivity index (χ2v) is 8.06. The summed E-state index contributed by atoms with van der Waals surface area (Å²) in [7, 11) is -0.598. The molecular weight excluding hydrogens is 248 g/mol. The minimum absolute atomic E-state index is 0.162. The highest BCUT2D eigenvalue weighted by atomic mass is 32.2. The van der Waals surface area contributed by atoms with Gasteiger partial charge in [0, 0.05) is 18.6 Å². The molecule has 0 spiro atoms. The molecule has 1 unspecified atom stereocenters. The zero-order valence-electron chi connectivity index (χ0n) is 11.4. The van der Waals surface area contributed by atoms with Crippen molar-refractivity contribution >= 4 is 9.84 Å². The van der Waals surface area contributed by atoms with Gasteiger partial charge in [0.1, 0.15) is 0 Å². The first-order valence-corrected chi connectivity index (χ1v) is 9.03. The SMILES string of the molecule is CN(CCC1CS(=O)(=O)CCN1)C1CCCCC1. The van der Waals surface area contributed by atoms with Gasteiger partial charge in [0.15, 0.2) is 9.84 Å². The molecule has 5 heteroatoms. The van der Waals surface area contributed by atoms with Crippen LogP contribution < -0.4 is 5.32 Å². The topological polar surface area (TPSA) is 49.4 Å². The zero-order chi connectivity index (χ0) is 13.0. The number of hydrogen-bond acceptors (Lipinski definition) is 4. The Morgan fingerprint density at radius 2 is 1.94 bits per heavy atom. The van der Waals surface area contributed by atoms with Gasteiger partial charge in [0.25, 0.3) is 0 Å². The molecule has 0 aromatic carbocycles. The Balaban J connectivity index is 1.73. The first kappa shape index (κ1) is 14.3. The molecule has 1 N–H and O–H groups in total. The largest absolute Gasteiger partial charge is 0.312 e. The van der Waals surface area contributed by atoms with Crippen molar-refractivity contribution < 1.29 is 8.42 Å². The van der Waals surface area contributed by atoms with E-state index in [0.717, 1.165) is 19.0 Å². The highest BCUT2D eigenvalue weighted by Crippen LogP contribution is 2.21. The van der Waals surface area contributed by atoms with Gasteiger partial charge < -0.3 is 10.2 Å². The van der Waals surface area contributed by atoms with E-state index in [4.69, 9.17) is 0 Å². The zero-order valence-corrected chi connectivity index (χ0v) is 12.2. The van der Waals surface area contributed by atoms with E-state index in [1.165, 1.54) is 32.1 Å². The van der Waals surface area contributed by atoms with Crippen molar-refractivity contribution in [2.24, 2.45) is 0 Å². The Kier molecular flexibility index (Phi) is 5.04. The van der Waals surface area contributed by atoms with Crippen molar-refractivity contribution in [2.45, 2.75) is 50.6 Å². The molecule has 2 fully saturated rings. The van der Waals surface area contributed by atoms with Crippen molar-refractivity contribution in [3.05, 3.63) is 0 Å². The molecule has 2 aliphatic rings. The van der Waals surface area contributed by atoms with Crippen LogP contribution >= 0.6 is 0 Å². The lowest BCUT2D eigenvalue weighted by Crippen LogP contribution is -2.47. The first-order chi connectivity index (χ1) is 8.57. The van der Waals surface area contributed by atoms with Crippen LogP contribution in [0.4, 0.5) is 0 Å². The smallest absolute Gasteiger partial charge is 0.153 e. The van der Waals surface area contributed by atoms with Crippen molar-refractivity contribution in [3.63, 3.8) is 0 Å². The Morgan fingerprint density at radius 3 is 2.61 bits per heavy atom. The number of hydrogen-bond donors (Lipinski definition) is 1. The van der Waals surface area contributed by atoms with Crippen LogP contribution in [-0.2, 0) is 9.84 Å². The molecule has 0 radical (unpaired) electrons. The van der Waals surface area contributed by atoms with E-state index in [1.54, 1.807) is 0 Å². The van der Waals surface area contributed by atoms with Crippen LogP contribution in [0.1, 0.15) is 38.5 Å². The Labute approximate surface area is 111 Å². The van der Waals surface area contributed by atoms with Crippen LogP contribution in [0.5, 0.6) is 0 Å². The molecule has 1 saturated carbocycles. The molecule has 1 aliphatic heterocycles. The number of nitrogens with zero attached hydrogens (tertiary/aromatic N) is 1. The van der Waals surface area contributed by atoms with Gasteiger partial charge in [-0.2, -0.15) is 0 Å². The van der Waals surface area contributed by atoms with Gasteiger partial charge in [-0.25, -0.2) is 8.42 Å². The lowest BCUT2D eigenvalue weighted by Gasteiger charge is -2.33. The molecule has 0 bridgehead atoms. The molecule has 4 nitrogen and oxygen atoms in total. The van der Waals surface area contributed by atoms with Gasteiger partial charge in [-0.1, -0.05) is 19.3 Å². The van der Waals surface area contributed by atoms with Crippen LogP contribution in [0, 0.1) is 0 Å². The molecular formula is C13H26N2O2S. The summed E-state index contributed by atoms with van der Waals surface area (Å²) >= 11 is 0. The van der Waals surface area contributed by atoms with Crippen LogP contribution in [-0.4, -0.2) is 57.0 Å². The molecule has 1 atom stereocenters. The minimum atomic E-state index is -2.79. The van der Waals surface area contributed by atoms with E-state index >= 15 is 0 Å². The summed E-state index contributed by atoms with van der Waals surface area (Å²) in [6.45, 7) is 1.64. The third-order valence-electron chi connectivity index (χ3n) is 4.33. The summed E-state index contributed by atoms with van der Waals surface area (Å²) in [5.41, 5.74) is 0.